The SMILES string of the molecule is C[Si](C)(C)ONC1=Nc2ccccc2SCC1. The van der Waals surface area contributed by atoms with Crippen LogP contribution in [-0.2, 0) is 4.53 Å². The first-order chi connectivity index (χ1) is 8.04. The third kappa shape index (κ3) is 3.87. The van der Waals surface area contributed by atoms with Crippen LogP contribution in [0.1, 0.15) is 6.42 Å². The van der Waals surface area contributed by atoms with Gasteiger partial charge in [-0.3, -0.25) is 5.48 Å². The highest BCUT2D eigenvalue weighted by Gasteiger charge is 2.17. The second kappa shape index (κ2) is 5.24. The number of benzene rings is 1. The van der Waals surface area contributed by atoms with Crippen molar-refractivity contribution in [2.24, 2.45) is 4.99 Å². The number of hydrogen-bond acceptors (Lipinski definition) is 4. The lowest BCUT2D eigenvalue weighted by molar-refractivity contribution is 0.252. The molecule has 5 heteroatoms. The normalized spacial score (nSPS) is 15.8. The molecule has 0 saturated carbocycles. The number of rotatable bonds is 2. The summed E-state index contributed by atoms with van der Waals surface area (Å²) in [6.07, 6.45) is 0.920. The molecule has 0 amide bonds. The summed E-state index contributed by atoms with van der Waals surface area (Å²) in [4.78, 5) is 5.87. The van der Waals surface area contributed by atoms with E-state index in [0.717, 1.165) is 23.7 Å². The fourth-order valence-corrected chi connectivity index (χ4v) is 2.79. The molecule has 2 rings (SSSR count). The van der Waals surface area contributed by atoms with E-state index in [2.05, 4.69) is 42.2 Å². The Morgan fingerprint density at radius 1 is 1.29 bits per heavy atom. The van der Waals surface area contributed by atoms with Gasteiger partial charge in [0.05, 0.1) is 5.69 Å². The van der Waals surface area contributed by atoms with E-state index in [9.17, 15) is 0 Å². The van der Waals surface area contributed by atoms with Gasteiger partial charge in [0.25, 0.3) is 0 Å². The lowest BCUT2D eigenvalue weighted by atomic mass is 10.3. The van der Waals surface area contributed by atoms with Crippen LogP contribution in [0, 0.1) is 0 Å². The summed E-state index contributed by atoms with van der Waals surface area (Å²) in [6, 6.07) is 8.24. The highest BCUT2D eigenvalue weighted by molar-refractivity contribution is 7.99. The van der Waals surface area contributed by atoms with Gasteiger partial charge in [-0.05, 0) is 31.8 Å². The van der Waals surface area contributed by atoms with Crippen molar-refractivity contribution in [1.29, 1.82) is 0 Å². The quantitative estimate of drug-likeness (QED) is 0.656. The number of hydroxylamine groups is 1. The van der Waals surface area contributed by atoms with Crippen molar-refractivity contribution >= 4 is 31.6 Å². The number of nitrogens with zero attached hydrogens (tertiary/aromatic N) is 1. The number of nitrogens with one attached hydrogen (secondary N) is 1. The predicted molar refractivity (Wildman–Crippen MR) is 76.4 cm³/mol. The van der Waals surface area contributed by atoms with Crippen molar-refractivity contribution in [2.75, 3.05) is 5.75 Å². The van der Waals surface area contributed by atoms with Gasteiger partial charge < -0.3 is 4.53 Å². The van der Waals surface area contributed by atoms with Crippen molar-refractivity contribution in [2.45, 2.75) is 31.0 Å². The van der Waals surface area contributed by atoms with Crippen LogP contribution in [0.25, 0.3) is 0 Å². The summed E-state index contributed by atoms with van der Waals surface area (Å²) in [5.41, 5.74) is 4.08. The average molecular weight is 266 g/mol. The molecule has 0 atom stereocenters. The number of hydrogen-bond donors (Lipinski definition) is 1. The van der Waals surface area contributed by atoms with Gasteiger partial charge in [0.2, 0.25) is 8.32 Å². The van der Waals surface area contributed by atoms with Gasteiger partial charge in [-0.1, -0.05) is 12.1 Å². The summed E-state index contributed by atoms with van der Waals surface area (Å²) in [7, 11) is -1.55. The largest absolute Gasteiger partial charge is 0.322 e. The topological polar surface area (TPSA) is 33.6 Å². The van der Waals surface area contributed by atoms with Crippen LogP contribution in [-0.4, -0.2) is 19.9 Å². The minimum atomic E-state index is -1.55. The molecular formula is C12H18N2OSSi. The van der Waals surface area contributed by atoms with E-state index in [1.54, 1.807) is 0 Å². The molecule has 1 heterocycles. The van der Waals surface area contributed by atoms with Gasteiger partial charge in [-0.15, -0.1) is 11.8 Å². The maximum absolute atomic E-state index is 5.69. The Morgan fingerprint density at radius 3 is 2.82 bits per heavy atom. The second-order valence-corrected chi connectivity index (χ2v) is 10.5. The fourth-order valence-electron chi connectivity index (χ4n) is 1.42. The van der Waals surface area contributed by atoms with Crippen LogP contribution in [0.3, 0.4) is 0 Å². The summed E-state index contributed by atoms with van der Waals surface area (Å²) in [5.74, 6) is 1.97. The summed E-state index contributed by atoms with van der Waals surface area (Å²) in [6.45, 7) is 6.46. The molecule has 0 saturated heterocycles. The number of aliphatic imine (C=N–C) groups is 1. The van der Waals surface area contributed by atoms with Gasteiger partial charge in [0.15, 0.2) is 0 Å². The smallest absolute Gasteiger partial charge is 0.220 e. The van der Waals surface area contributed by atoms with Gasteiger partial charge in [0.1, 0.15) is 5.84 Å². The maximum atomic E-state index is 5.69. The molecule has 92 valence electrons. The standard InChI is InChI=1S/C12H18N2OSSi/c1-17(2,3)15-14-12-8-9-16-11-7-5-4-6-10(11)13-12/h4-7H,8-9H2,1-3H3,(H,13,14). The van der Waals surface area contributed by atoms with Crippen LogP contribution in [0.15, 0.2) is 34.2 Å². The highest BCUT2D eigenvalue weighted by atomic mass is 32.2. The Morgan fingerprint density at radius 2 is 2.06 bits per heavy atom. The molecule has 1 aliphatic heterocycles. The molecule has 0 radical (unpaired) electrons. The second-order valence-electron chi connectivity index (χ2n) is 4.94. The van der Waals surface area contributed by atoms with Crippen LogP contribution in [0.4, 0.5) is 5.69 Å². The Labute approximate surface area is 108 Å². The third-order valence-electron chi connectivity index (χ3n) is 2.19. The van der Waals surface area contributed by atoms with Crippen LogP contribution in [0.2, 0.25) is 19.6 Å². The zero-order valence-electron chi connectivity index (χ0n) is 10.5. The fraction of sp³-hybridized carbons (Fsp3) is 0.417. The first-order valence-corrected chi connectivity index (χ1v) is 10.2. The first-order valence-electron chi connectivity index (χ1n) is 5.78. The molecule has 1 N–H and O–H groups in total. The molecule has 1 aromatic rings. The number of amidine groups is 1. The lowest BCUT2D eigenvalue weighted by Crippen LogP contribution is -2.37. The first kappa shape index (κ1) is 12.7. The molecule has 0 fully saturated rings. The lowest BCUT2D eigenvalue weighted by Gasteiger charge is -2.18. The van der Waals surface area contributed by atoms with Crippen molar-refractivity contribution in [3.63, 3.8) is 0 Å². The van der Waals surface area contributed by atoms with Crippen molar-refractivity contribution in [3.8, 4) is 0 Å². The average Bonchev–Trinajstić information content (AvgIpc) is 2.47. The van der Waals surface area contributed by atoms with Crippen LogP contribution < -0.4 is 5.48 Å². The van der Waals surface area contributed by atoms with Gasteiger partial charge in [-0.25, -0.2) is 4.99 Å². The van der Waals surface area contributed by atoms with Gasteiger partial charge >= 0.3 is 0 Å². The van der Waals surface area contributed by atoms with Crippen LogP contribution >= 0.6 is 11.8 Å². The molecule has 0 spiro atoms. The predicted octanol–water partition coefficient (Wildman–Crippen LogP) is 3.57. The Hall–Kier alpha value is -0.783. The van der Waals surface area contributed by atoms with Crippen molar-refractivity contribution in [1.82, 2.24) is 5.48 Å². The monoisotopic (exact) mass is 266 g/mol. The Balaban J connectivity index is 2.12. The molecule has 0 aromatic heterocycles. The summed E-state index contributed by atoms with van der Waals surface area (Å²) < 4.78 is 5.69. The van der Waals surface area contributed by atoms with Crippen molar-refractivity contribution in [3.05, 3.63) is 24.3 Å². The molecule has 17 heavy (non-hydrogen) atoms. The zero-order chi connectivity index (χ0) is 12.3. The number of para-hydroxylation sites is 1. The molecule has 1 aromatic carbocycles. The van der Waals surface area contributed by atoms with E-state index in [-0.39, 0.29) is 0 Å². The minimum absolute atomic E-state index is 0.920. The Kier molecular flexibility index (Phi) is 3.91. The van der Waals surface area contributed by atoms with Gasteiger partial charge in [0, 0.05) is 17.1 Å². The van der Waals surface area contributed by atoms with E-state index >= 15 is 0 Å². The summed E-state index contributed by atoms with van der Waals surface area (Å²) in [5, 5.41) is 0. The van der Waals surface area contributed by atoms with Crippen molar-refractivity contribution < 1.29 is 4.53 Å². The van der Waals surface area contributed by atoms with E-state index in [0.29, 0.717) is 0 Å². The third-order valence-corrected chi connectivity index (χ3v) is 3.97. The Bertz CT molecular complexity index is 429. The zero-order valence-corrected chi connectivity index (χ0v) is 12.3. The molecular weight excluding hydrogens is 248 g/mol. The van der Waals surface area contributed by atoms with Crippen LogP contribution in [0.5, 0.6) is 0 Å². The van der Waals surface area contributed by atoms with E-state index in [1.165, 1.54) is 4.90 Å². The molecule has 3 nitrogen and oxygen atoms in total. The molecule has 0 bridgehead atoms. The van der Waals surface area contributed by atoms with Gasteiger partial charge in [-0.2, -0.15) is 0 Å². The number of thioether (sulfide) groups is 1. The molecule has 0 aliphatic carbocycles. The van der Waals surface area contributed by atoms with E-state index < -0.39 is 8.32 Å². The molecule has 1 aliphatic rings. The van der Waals surface area contributed by atoms with E-state index in [1.807, 2.05) is 23.9 Å². The molecule has 0 unspecified atom stereocenters. The van der Waals surface area contributed by atoms with E-state index in [4.69, 9.17) is 4.53 Å². The maximum Gasteiger partial charge on any atom is 0.220 e. The highest BCUT2D eigenvalue weighted by Crippen LogP contribution is 2.32. The minimum Gasteiger partial charge on any atom is -0.322 e. The summed E-state index contributed by atoms with van der Waals surface area (Å²) >= 11 is 1.85. The number of fused-ring (bicyclic) bond motifs is 1.